The van der Waals surface area contributed by atoms with Gasteiger partial charge in [0.1, 0.15) is 5.60 Å². The van der Waals surface area contributed by atoms with Crippen LogP contribution >= 0.6 is 0 Å². The molecule has 1 rings (SSSR count). The number of ether oxygens (including phenoxy) is 1. The molecular formula is C14H28N2O3. The Hall–Kier alpha value is -0.810. The van der Waals surface area contributed by atoms with E-state index in [4.69, 9.17) is 9.57 Å². The topological polar surface area (TPSA) is 50.8 Å². The highest BCUT2D eigenvalue weighted by atomic mass is 16.6. The van der Waals surface area contributed by atoms with E-state index < -0.39 is 5.60 Å². The molecule has 1 fully saturated rings. The van der Waals surface area contributed by atoms with Crippen LogP contribution in [-0.4, -0.2) is 42.8 Å². The van der Waals surface area contributed by atoms with E-state index in [0.29, 0.717) is 19.2 Å². The zero-order chi connectivity index (χ0) is 14.3. The SMILES string of the molecule is CN(CCONC1CCCCC1)C(=O)OC(C)(C)C. The predicted octanol–water partition coefficient (Wildman–Crippen LogP) is 2.71. The predicted molar refractivity (Wildman–Crippen MR) is 74.8 cm³/mol. The molecule has 0 aromatic carbocycles. The highest BCUT2D eigenvalue weighted by molar-refractivity contribution is 5.67. The first-order chi connectivity index (χ1) is 8.88. The number of rotatable bonds is 5. The van der Waals surface area contributed by atoms with Crippen molar-refractivity contribution >= 4 is 6.09 Å². The highest BCUT2D eigenvalue weighted by Crippen LogP contribution is 2.17. The lowest BCUT2D eigenvalue weighted by Crippen LogP contribution is -2.38. The van der Waals surface area contributed by atoms with E-state index in [1.54, 1.807) is 7.05 Å². The number of carbonyl (C=O) groups excluding carboxylic acids is 1. The van der Waals surface area contributed by atoms with Crippen molar-refractivity contribution in [2.24, 2.45) is 0 Å². The summed E-state index contributed by atoms with van der Waals surface area (Å²) in [5.74, 6) is 0. The molecule has 1 saturated carbocycles. The molecule has 0 atom stereocenters. The van der Waals surface area contributed by atoms with E-state index in [2.05, 4.69) is 5.48 Å². The summed E-state index contributed by atoms with van der Waals surface area (Å²) in [5.41, 5.74) is 2.63. The number of amides is 1. The van der Waals surface area contributed by atoms with Crippen LogP contribution in [0.3, 0.4) is 0 Å². The Bertz CT molecular complexity index is 270. The van der Waals surface area contributed by atoms with Crippen LogP contribution in [-0.2, 0) is 9.57 Å². The van der Waals surface area contributed by atoms with Gasteiger partial charge in [-0.15, -0.1) is 0 Å². The van der Waals surface area contributed by atoms with Crippen LogP contribution in [0.2, 0.25) is 0 Å². The van der Waals surface area contributed by atoms with Crippen LogP contribution in [0.15, 0.2) is 0 Å². The fourth-order valence-electron chi connectivity index (χ4n) is 2.01. The average Bonchev–Trinajstić information content (AvgIpc) is 2.33. The Labute approximate surface area is 116 Å². The fourth-order valence-corrected chi connectivity index (χ4v) is 2.01. The number of hydrogen-bond donors (Lipinski definition) is 1. The van der Waals surface area contributed by atoms with Gasteiger partial charge in [0.15, 0.2) is 0 Å². The van der Waals surface area contributed by atoms with Crippen molar-refractivity contribution in [2.45, 2.75) is 64.5 Å². The van der Waals surface area contributed by atoms with Crippen molar-refractivity contribution in [1.82, 2.24) is 10.4 Å². The molecule has 0 aliphatic heterocycles. The van der Waals surface area contributed by atoms with E-state index in [0.717, 1.165) is 0 Å². The number of hydrogen-bond acceptors (Lipinski definition) is 4. The highest BCUT2D eigenvalue weighted by Gasteiger charge is 2.19. The molecule has 1 aliphatic rings. The van der Waals surface area contributed by atoms with Gasteiger partial charge in [0.05, 0.1) is 6.61 Å². The van der Waals surface area contributed by atoms with Gasteiger partial charge in [-0.25, -0.2) is 4.79 Å². The molecule has 0 saturated heterocycles. The maximum absolute atomic E-state index is 11.7. The summed E-state index contributed by atoms with van der Waals surface area (Å²) < 4.78 is 5.26. The van der Waals surface area contributed by atoms with E-state index in [9.17, 15) is 4.79 Å². The Morgan fingerprint density at radius 3 is 2.47 bits per heavy atom. The normalized spacial score (nSPS) is 17.3. The van der Waals surface area contributed by atoms with Gasteiger partial charge in [0.25, 0.3) is 0 Å². The third-order valence-electron chi connectivity index (χ3n) is 3.09. The number of nitrogens with one attached hydrogen (secondary N) is 1. The maximum Gasteiger partial charge on any atom is 0.410 e. The summed E-state index contributed by atoms with van der Waals surface area (Å²) in [6, 6.07) is 0.473. The van der Waals surface area contributed by atoms with Gasteiger partial charge in [-0.05, 0) is 33.6 Å². The van der Waals surface area contributed by atoms with E-state index in [1.165, 1.54) is 37.0 Å². The van der Waals surface area contributed by atoms with Gasteiger partial charge < -0.3 is 9.64 Å². The van der Waals surface area contributed by atoms with Crippen LogP contribution in [0.4, 0.5) is 4.79 Å². The molecule has 0 radical (unpaired) electrons. The third kappa shape index (κ3) is 7.38. The molecule has 5 heteroatoms. The number of carbonyl (C=O) groups is 1. The first-order valence-electron chi connectivity index (χ1n) is 7.20. The van der Waals surface area contributed by atoms with Crippen molar-refractivity contribution in [3.8, 4) is 0 Å². The standard InChI is InChI=1S/C14H28N2O3/c1-14(2,3)19-13(17)16(4)10-11-18-15-12-8-6-5-7-9-12/h12,15H,5-11H2,1-4H3. The van der Waals surface area contributed by atoms with Crippen LogP contribution in [0.25, 0.3) is 0 Å². The first kappa shape index (κ1) is 16.2. The second-order valence-corrected chi connectivity index (χ2v) is 6.20. The molecular weight excluding hydrogens is 244 g/mol. The van der Waals surface area contributed by atoms with Crippen molar-refractivity contribution in [1.29, 1.82) is 0 Å². The largest absolute Gasteiger partial charge is 0.444 e. The lowest BCUT2D eigenvalue weighted by Gasteiger charge is -2.25. The molecule has 19 heavy (non-hydrogen) atoms. The van der Waals surface area contributed by atoms with Gasteiger partial charge in [0.2, 0.25) is 0 Å². The molecule has 0 aromatic rings. The van der Waals surface area contributed by atoms with E-state index in [-0.39, 0.29) is 6.09 Å². The summed E-state index contributed by atoms with van der Waals surface area (Å²) in [4.78, 5) is 18.6. The van der Waals surface area contributed by atoms with Crippen LogP contribution in [0, 0.1) is 0 Å². The lowest BCUT2D eigenvalue weighted by atomic mass is 9.96. The summed E-state index contributed by atoms with van der Waals surface area (Å²) in [7, 11) is 1.72. The summed E-state index contributed by atoms with van der Waals surface area (Å²) in [6.45, 7) is 6.58. The van der Waals surface area contributed by atoms with Gasteiger partial charge in [0, 0.05) is 19.6 Å². The third-order valence-corrected chi connectivity index (χ3v) is 3.09. The molecule has 1 amide bonds. The minimum Gasteiger partial charge on any atom is -0.444 e. The van der Waals surface area contributed by atoms with Gasteiger partial charge in [-0.1, -0.05) is 19.3 Å². The van der Waals surface area contributed by atoms with Crippen LogP contribution in [0.5, 0.6) is 0 Å². The monoisotopic (exact) mass is 272 g/mol. The van der Waals surface area contributed by atoms with Gasteiger partial charge in [-0.3, -0.25) is 4.84 Å². The summed E-state index contributed by atoms with van der Waals surface area (Å²) in [5, 5.41) is 0. The van der Waals surface area contributed by atoms with Crippen molar-refractivity contribution in [3.63, 3.8) is 0 Å². The Balaban J connectivity index is 2.09. The fraction of sp³-hybridized carbons (Fsp3) is 0.929. The van der Waals surface area contributed by atoms with Gasteiger partial charge >= 0.3 is 6.09 Å². The molecule has 0 aromatic heterocycles. The summed E-state index contributed by atoms with van der Waals surface area (Å²) in [6.07, 6.45) is 5.94. The van der Waals surface area contributed by atoms with Crippen LogP contribution < -0.4 is 5.48 Å². The second kappa shape index (κ2) is 7.70. The number of hydroxylamine groups is 1. The smallest absolute Gasteiger partial charge is 0.410 e. The first-order valence-corrected chi connectivity index (χ1v) is 7.20. The van der Waals surface area contributed by atoms with E-state index >= 15 is 0 Å². The Kier molecular flexibility index (Phi) is 6.58. The molecule has 5 nitrogen and oxygen atoms in total. The molecule has 1 N–H and O–H groups in total. The molecule has 112 valence electrons. The number of likely N-dealkylation sites (N-methyl/N-ethyl adjacent to an activating group) is 1. The molecule has 0 heterocycles. The zero-order valence-corrected chi connectivity index (χ0v) is 12.7. The number of nitrogens with zero attached hydrogens (tertiary/aromatic N) is 1. The van der Waals surface area contributed by atoms with Crippen molar-refractivity contribution < 1.29 is 14.4 Å². The summed E-state index contributed by atoms with van der Waals surface area (Å²) >= 11 is 0. The Morgan fingerprint density at radius 1 is 1.26 bits per heavy atom. The lowest BCUT2D eigenvalue weighted by molar-refractivity contribution is -0.00982. The quantitative estimate of drug-likeness (QED) is 0.617. The molecule has 0 bridgehead atoms. The molecule has 0 unspecified atom stereocenters. The minimum atomic E-state index is -0.452. The zero-order valence-electron chi connectivity index (χ0n) is 12.7. The second-order valence-electron chi connectivity index (χ2n) is 6.20. The van der Waals surface area contributed by atoms with Crippen LogP contribution in [0.1, 0.15) is 52.9 Å². The molecule has 1 aliphatic carbocycles. The van der Waals surface area contributed by atoms with Crippen molar-refractivity contribution in [2.75, 3.05) is 20.2 Å². The average molecular weight is 272 g/mol. The molecule has 0 spiro atoms. The van der Waals surface area contributed by atoms with Gasteiger partial charge in [-0.2, -0.15) is 5.48 Å². The van der Waals surface area contributed by atoms with Crippen molar-refractivity contribution in [3.05, 3.63) is 0 Å². The minimum absolute atomic E-state index is 0.311. The Morgan fingerprint density at radius 2 is 1.89 bits per heavy atom. The van der Waals surface area contributed by atoms with E-state index in [1.807, 2.05) is 20.8 Å². The maximum atomic E-state index is 11.7.